The maximum atomic E-state index is 12.1. The topological polar surface area (TPSA) is 67.8 Å². The molecule has 0 amide bonds. The lowest BCUT2D eigenvalue weighted by Crippen LogP contribution is -2.45. The average Bonchev–Trinajstić information content (AvgIpc) is 2.58. The Morgan fingerprint density at radius 3 is 2.04 bits per heavy atom. The molecule has 0 heterocycles. The predicted octanol–water partition coefficient (Wildman–Crippen LogP) is 2.20. The van der Waals surface area contributed by atoms with Crippen molar-refractivity contribution in [2.75, 3.05) is 0 Å². The number of hydrogen-bond donors (Lipinski definition) is 2. The van der Waals surface area contributed by atoms with E-state index in [4.69, 9.17) is 9.57 Å². The lowest BCUT2D eigenvalue weighted by atomic mass is 10.2. The van der Waals surface area contributed by atoms with E-state index in [0.717, 1.165) is 11.1 Å². The number of carbonyl (C=O) groups excluding carboxylic acids is 1. The summed E-state index contributed by atoms with van der Waals surface area (Å²) in [4.78, 5) is 17.4. The van der Waals surface area contributed by atoms with E-state index in [0.29, 0.717) is 0 Å². The second-order valence-electron chi connectivity index (χ2n) is 5.20. The van der Waals surface area contributed by atoms with Crippen LogP contribution in [-0.4, -0.2) is 23.2 Å². The van der Waals surface area contributed by atoms with Crippen LogP contribution in [0.1, 0.15) is 18.1 Å². The van der Waals surface area contributed by atoms with Crippen molar-refractivity contribution in [2.45, 2.75) is 32.3 Å². The average molecular weight is 315 g/mol. The fraction of sp³-hybridized carbons (Fsp3) is 0.278. The summed E-state index contributed by atoms with van der Waals surface area (Å²) in [7, 11) is 0. The highest BCUT2D eigenvalue weighted by Gasteiger charge is 2.25. The second kappa shape index (κ2) is 9.05. The number of hydroxylamine groups is 1. The van der Waals surface area contributed by atoms with Gasteiger partial charge in [0.2, 0.25) is 0 Å². The maximum absolute atomic E-state index is 12.1. The summed E-state index contributed by atoms with van der Waals surface area (Å²) >= 11 is 0. The molecule has 23 heavy (non-hydrogen) atoms. The van der Waals surface area contributed by atoms with Gasteiger partial charge in [0.05, 0.1) is 12.7 Å². The minimum absolute atomic E-state index is 0.156. The first-order chi connectivity index (χ1) is 11.2. The van der Waals surface area contributed by atoms with Gasteiger partial charge in [-0.2, -0.15) is 5.48 Å². The summed E-state index contributed by atoms with van der Waals surface area (Å²) in [6, 6.07) is 18.0. The van der Waals surface area contributed by atoms with Crippen molar-refractivity contribution >= 4 is 5.97 Å². The quantitative estimate of drug-likeness (QED) is 0.577. The highest BCUT2D eigenvalue weighted by molar-refractivity contribution is 5.76. The van der Waals surface area contributed by atoms with E-state index in [1.807, 2.05) is 60.7 Å². The molecule has 0 aliphatic rings. The van der Waals surface area contributed by atoms with Gasteiger partial charge in [0.15, 0.2) is 6.04 Å². The molecule has 0 fully saturated rings. The first-order valence-corrected chi connectivity index (χ1v) is 7.46. The Balaban J connectivity index is 1.81. The van der Waals surface area contributed by atoms with Crippen molar-refractivity contribution in [1.29, 1.82) is 0 Å². The predicted molar refractivity (Wildman–Crippen MR) is 86.1 cm³/mol. The largest absolute Gasteiger partial charge is 0.460 e. The fourth-order valence-corrected chi connectivity index (χ4v) is 1.95. The molecule has 2 aromatic rings. The SMILES string of the molecule is CC(O)C(NOCc1ccccc1)C(=O)OCc1ccccc1. The molecule has 0 radical (unpaired) electrons. The van der Waals surface area contributed by atoms with Crippen LogP contribution in [-0.2, 0) is 27.6 Å². The van der Waals surface area contributed by atoms with Crippen molar-refractivity contribution in [1.82, 2.24) is 5.48 Å². The first-order valence-electron chi connectivity index (χ1n) is 7.46. The van der Waals surface area contributed by atoms with Crippen LogP contribution in [0.4, 0.5) is 0 Å². The van der Waals surface area contributed by atoms with Crippen molar-refractivity contribution in [2.24, 2.45) is 0 Å². The van der Waals surface area contributed by atoms with Gasteiger partial charge < -0.3 is 9.84 Å². The lowest BCUT2D eigenvalue weighted by molar-refractivity contribution is -0.157. The van der Waals surface area contributed by atoms with Crippen molar-refractivity contribution in [3.8, 4) is 0 Å². The van der Waals surface area contributed by atoms with Crippen LogP contribution >= 0.6 is 0 Å². The number of esters is 1. The van der Waals surface area contributed by atoms with E-state index >= 15 is 0 Å². The van der Waals surface area contributed by atoms with Crippen LogP contribution < -0.4 is 5.48 Å². The minimum atomic E-state index is -0.942. The van der Waals surface area contributed by atoms with E-state index in [9.17, 15) is 9.90 Å². The first kappa shape index (κ1) is 17.1. The molecular weight excluding hydrogens is 294 g/mol. The minimum Gasteiger partial charge on any atom is -0.460 e. The van der Waals surface area contributed by atoms with Crippen LogP contribution in [0.15, 0.2) is 60.7 Å². The number of rotatable bonds is 8. The Morgan fingerprint density at radius 2 is 1.52 bits per heavy atom. The number of nitrogens with one attached hydrogen (secondary N) is 1. The summed E-state index contributed by atoms with van der Waals surface area (Å²) in [5.74, 6) is -0.558. The van der Waals surface area contributed by atoms with Gasteiger partial charge in [0, 0.05) is 0 Å². The Hall–Kier alpha value is -2.21. The van der Waals surface area contributed by atoms with Crippen molar-refractivity contribution < 1.29 is 19.5 Å². The highest BCUT2D eigenvalue weighted by atomic mass is 16.7. The summed E-state index contributed by atoms with van der Waals surface area (Å²) < 4.78 is 5.21. The summed E-state index contributed by atoms with van der Waals surface area (Å²) in [5, 5.41) is 9.73. The molecule has 0 aliphatic carbocycles. The molecule has 0 bridgehead atoms. The normalized spacial score (nSPS) is 13.3. The number of benzene rings is 2. The molecule has 5 heteroatoms. The molecule has 0 saturated carbocycles. The van der Waals surface area contributed by atoms with Gasteiger partial charge in [0.1, 0.15) is 6.61 Å². The highest BCUT2D eigenvalue weighted by Crippen LogP contribution is 2.05. The zero-order valence-electron chi connectivity index (χ0n) is 13.0. The van der Waals surface area contributed by atoms with E-state index in [2.05, 4.69) is 5.48 Å². The zero-order valence-corrected chi connectivity index (χ0v) is 13.0. The molecule has 2 rings (SSSR count). The van der Waals surface area contributed by atoms with E-state index in [1.54, 1.807) is 0 Å². The summed E-state index contributed by atoms with van der Waals surface area (Å²) in [6.07, 6.45) is -0.936. The molecule has 0 saturated heterocycles. The van der Waals surface area contributed by atoms with Crippen LogP contribution in [0.2, 0.25) is 0 Å². The Bertz CT molecular complexity index is 586. The number of ether oxygens (including phenoxy) is 1. The van der Waals surface area contributed by atoms with Gasteiger partial charge in [-0.05, 0) is 18.1 Å². The Labute approximate surface area is 135 Å². The maximum Gasteiger partial charge on any atom is 0.328 e. The van der Waals surface area contributed by atoms with Gasteiger partial charge >= 0.3 is 5.97 Å². The molecule has 0 spiro atoms. The molecule has 0 aromatic heterocycles. The second-order valence-corrected chi connectivity index (χ2v) is 5.20. The number of hydrogen-bond acceptors (Lipinski definition) is 5. The summed E-state index contributed by atoms with van der Waals surface area (Å²) in [6.45, 7) is 1.95. The standard InChI is InChI=1S/C18H21NO4/c1-14(20)17(19-23-13-16-10-6-3-7-11-16)18(21)22-12-15-8-4-2-5-9-15/h2-11,14,17,19-20H,12-13H2,1H3. The van der Waals surface area contributed by atoms with Crippen LogP contribution in [0.3, 0.4) is 0 Å². The van der Waals surface area contributed by atoms with Gasteiger partial charge in [-0.15, -0.1) is 0 Å². The van der Waals surface area contributed by atoms with Crippen molar-refractivity contribution in [3.63, 3.8) is 0 Å². The molecule has 2 unspecified atom stereocenters. The summed E-state index contributed by atoms with van der Waals surface area (Å²) in [5.41, 5.74) is 4.42. The van der Waals surface area contributed by atoms with Crippen LogP contribution in [0, 0.1) is 0 Å². The number of aliphatic hydroxyl groups is 1. The van der Waals surface area contributed by atoms with Gasteiger partial charge in [0.25, 0.3) is 0 Å². The third-order valence-corrected chi connectivity index (χ3v) is 3.25. The van der Waals surface area contributed by atoms with Crippen LogP contribution in [0.5, 0.6) is 0 Å². The number of aliphatic hydroxyl groups excluding tert-OH is 1. The lowest BCUT2D eigenvalue weighted by Gasteiger charge is -2.19. The third-order valence-electron chi connectivity index (χ3n) is 3.25. The van der Waals surface area contributed by atoms with Gasteiger partial charge in [-0.3, -0.25) is 9.63 Å². The third kappa shape index (κ3) is 5.83. The molecule has 0 aliphatic heterocycles. The number of carbonyl (C=O) groups is 1. The molecule has 2 aromatic carbocycles. The van der Waals surface area contributed by atoms with E-state index < -0.39 is 18.1 Å². The van der Waals surface area contributed by atoms with E-state index in [-0.39, 0.29) is 13.2 Å². The molecule has 122 valence electrons. The van der Waals surface area contributed by atoms with Gasteiger partial charge in [-0.25, -0.2) is 0 Å². The van der Waals surface area contributed by atoms with Crippen molar-refractivity contribution in [3.05, 3.63) is 71.8 Å². The van der Waals surface area contributed by atoms with Gasteiger partial charge in [-0.1, -0.05) is 60.7 Å². The Kier molecular flexibility index (Phi) is 6.75. The molecule has 2 N–H and O–H groups in total. The smallest absolute Gasteiger partial charge is 0.328 e. The monoisotopic (exact) mass is 315 g/mol. The fourth-order valence-electron chi connectivity index (χ4n) is 1.95. The zero-order chi connectivity index (χ0) is 16.5. The van der Waals surface area contributed by atoms with Crippen LogP contribution in [0.25, 0.3) is 0 Å². The molecule has 2 atom stereocenters. The molecule has 5 nitrogen and oxygen atoms in total. The van der Waals surface area contributed by atoms with E-state index in [1.165, 1.54) is 6.92 Å². The molecular formula is C18H21NO4. The Morgan fingerprint density at radius 1 is 1.00 bits per heavy atom.